The maximum absolute atomic E-state index is 12.2. The highest BCUT2D eigenvalue weighted by Crippen LogP contribution is 2.16. The molecule has 2 saturated heterocycles. The van der Waals surface area contributed by atoms with Gasteiger partial charge in [-0.3, -0.25) is 9.89 Å². The minimum Gasteiger partial charge on any atom is -0.370 e. The van der Waals surface area contributed by atoms with Gasteiger partial charge in [-0.2, -0.15) is 11.8 Å². The number of hydrogen-bond acceptors (Lipinski definition) is 5. The Kier molecular flexibility index (Phi) is 10.2. The van der Waals surface area contributed by atoms with Crippen LogP contribution in [-0.2, 0) is 10.0 Å². The summed E-state index contributed by atoms with van der Waals surface area (Å²) in [6.45, 7) is 6.56. The molecule has 24 heavy (non-hydrogen) atoms. The summed E-state index contributed by atoms with van der Waals surface area (Å²) in [6.07, 6.45) is 2.37. The largest absolute Gasteiger partial charge is 0.370 e. The highest BCUT2D eigenvalue weighted by atomic mass is 127. The van der Waals surface area contributed by atoms with Crippen LogP contribution in [0.3, 0.4) is 0 Å². The van der Waals surface area contributed by atoms with Gasteiger partial charge < -0.3 is 11.1 Å². The molecule has 0 amide bonds. The predicted octanol–water partition coefficient (Wildman–Crippen LogP) is 0.372. The number of guanidine groups is 1. The van der Waals surface area contributed by atoms with E-state index in [0.29, 0.717) is 38.2 Å². The first-order chi connectivity index (χ1) is 11.0. The van der Waals surface area contributed by atoms with Crippen LogP contribution in [0.4, 0.5) is 0 Å². The smallest absolute Gasteiger partial charge is 0.215 e. The van der Waals surface area contributed by atoms with Gasteiger partial charge in [0.2, 0.25) is 10.0 Å². The van der Waals surface area contributed by atoms with Gasteiger partial charge in [-0.15, -0.1) is 24.0 Å². The zero-order chi connectivity index (χ0) is 16.7. The Balaban J connectivity index is 0.00000288. The summed E-state index contributed by atoms with van der Waals surface area (Å²) >= 11 is 1.80. The quantitative estimate of drug-likeness (QED) is 0.304. The van der Waals surface area contributed by atoms with Gasteiger partial charge in [0.05, 0.1) is 12.3 Å². The third kappa shape index (κ3) is 6.85. The lowest BCUT2D eigenvalue weighted by molar-refractivity contribution is 0.273. The van der Waals surface area contributed by atoms with Crippen LogP contribution in [0.15, 0.2) is 4.99 Å². The SMILES string of the molecule is CCN1CCCC1CN=C(N)NCCS(=O)(=O)N1CCSCC1.I. The first kappa shape index (κ1) is 22.3. The predicted molar refractivity (Wildman–Crippen MR) is 113 cm³/mol. The number of nitrogens with two attached hydrogens (primary N) is 1. The number of halogens is 1. The first-order valence-corrected chi connectivity index (χ1v) is 11.1. The van der Waals surface area contributed by atoms with E-state index in [1.807, 2.05) is 0 Å². The number of rotatable bonds is 7. The molecule has 0 bridgehead atoms. The molecule has 0 spiro atoms. The van der Waals surface area contributed by atoms with E-state index in [0.717, 1.165) is 31.0 Å². The molecule has 1 unspecified atom stereocenters. The number of likely N-dealkylation sites (N-methyl/N-ethyl adjacent to an activating group) is 1. The van der Waals surface area contributed by atoms with Crippen LogP contribution in [0.25, 0.3) is 0 Å². The van der Waals surface area contributed by atoms with Crippen molar-refractivity contribution in [2.45, 2.75) is 25.8 Å². The van der Waals surface area contributed by atoms with Crippen LogP contribution in [0.1, 0.15) is 19.8 Å². The second-order valence-electron chi connectivity index (χ2n) is 5.90. The Labute approximate surface area is 167 Å². The highest BCUT2D eigenvalue weighted by Gasteiger charge is 2.24. The van der Waals surface area contributed by atoms with Crippen molar-refractivity contribution >= 4 is 51.7 Å². The number of sulfonamides is 1. The van der Waals surface area contributed by atoms with E-state index >= 15 is 0 Å². The van der Waals surface area contributed by atoms with Crippen LogP contribution in [0.5, 0.6) is 0 Å². The van der Waals surface area contributed by atoms with Gasteiger partial charge in [-0.1, -0.05) is 6.92 Å². The number of aliphatic imine (C=N–C) groups is 1. The van der Waals surface area contributed by atoms with Crippen molar-refractivity contribution < 1.29 is 8.42 Å². The summed E-state index contributed by atoms with van der Waals surface area (Å²) < 4.78 is 26.0. The Morgan fingerprint density at radius 1 is 1.33 bits per heavy atom. The van der Waals surface area contributed by atoms with Crippen molar-refractivity contribution in [3.63, 3.8) is 0 Å². The van der Waals surface area contributed by atoms with Gasteiger partial charge in [-0.25, -0.2) is 12.7 Å². The molecule has 0 aromatic heterocycles. The summed E-state index contributed by atoms with van der Waals surface area (Å²) in [7, 11) is -3.18. The molecule has 2 aliphatic rings. The standard InChI is InChI=1S/C14H29N5O2S2.HI/c1-2-18-6-3-4-13(18)12-17-14(15)16-5-11-23(20,21)19-7-9-22-10-8-19;/h13H,2-12H2,1H3,(H3,15,16,17);1H. The highest BCUT2D eigenvalue weighted by molar-refractivity contribution is 14.0. The van der Waals surface area contributed by atoms with Crippen LogP contribution in [0, 0.1) is 0 Å². The molecule has 7 nitrogen and oxygen atoms in total. The van der Waals surface area contributed by atoms with Gasteiger partial charge in [0.15, 0.2) is 5.96 Å². The van der Waals surface area contributed by atoms with E-state index in [1.165, 1.54) is 6.42 Å². The molecule has 142 valence electrons. The van der Waals surface area contributed by atoms with E-state index in [4.69, 9.17) is 5.73 Å². The van der Waals surface area contributed by atoms with Crippen molar-refractivity contribution in [1.29, 1.82) is 0 Å². The minimum atomic E-state index is -3.18. The van der Waals surface area contributed by atoms with Gasteiger partial charge in [-0.05, 0) is 25.9 Å². The molecule has 2 fully saturated rings. The fourth-order valence-electron chi connectivity index (χ4n) is 3.04. The average molecular weight is 491 g/mol. The lowest BCUT2D eigenvalue weighted by Gasteiger charge is -2.25. The number of thioether (sulfide) groups is 1. The molecular formula is C14H30IN5O2S2. The summed E-state index contributed by atoms with van der Waals surface area (Å²) in [5.74, 6) is 2.17. The zero-order valence-corrected chi connectivity index (χ0v) is 18.3. The zero-order valence-electron chi connectivity index (χ0n) is 14.3. The molecular weight excluding hydrogens is 461 g/mol. The minimum absolute atomic E-state index is 0. The van der Waals surface area contributed by atoms with E-state index < -0.39 is 10.0 Å². The lowest BCUT2D eigenvalue weighted by Crippen LogP contribution is -2.43. The van der Waals surface area contributed by atoms with E-state index in [1.54, 1.807) is 16.1 Å². The van der Waals surface area contributed by atoms with Crippen LogP contribution in [-0.4, -0.2) is 86.2 Å². The molecule has 2 heterocycles. The Morgan fingerprint density at radius 3 is 2.71 bits per heavy atom. The monoisotopic (exact) mass is 491 g/mol. The molecule has 0 aliphatic carbocycles. The van der Waals surface area contributed by atoms with Gasteiger partial charge in [0.25, 0.3) is 0 Å². The molecule has 2 rings (SSSR count). The van der Waals surface area contributed by atoms with Crippen molar-refractivity contribution in [3.8, 4) is 0 Å². The number of nitrogens with one attached hydrogen (secondary N) is 1. The fraction of sp³-hybridized carbons (Fsp3) is 0.929. The van der Waals surface area contributed by atoms with Crippen LogP contribution < -0.4 is 11.1 Å². The summed E-state index contributed by atoms with van der Waals surface area (Å²) in [6, 6.07) is 0.468. The number of hydrogen-bond donors (Lipinski definition) is 2. The van der Waals surface area contributed by atoms with E-state index in [9.17, 15) is 8.42 Å². The number of likely N-dealkylation sites (tertiary alicyclic amines) is 1. The molecule has 0 radical (unpaired) electrons. The average Bonchev–Trinajstić information content (AvgIpc) is 3.01. The normalized spacial score (nSPS) is 23.9. The topological polar surface area (TPSA) is 91.0 Å². The summed E-state index contributed by atoms with van der Waals surface area (Å²) in [5.41, 5.74) is 5.86. The van der Waals surface area contributed by atoms with Crippen LogP contribution >= 0.6 is 35.7 Å². The lowest BCUT2D eigenvalue weighted by atomic mass is 10.2. The Bertz CT molecular complexity index is 497. The van der Waals surface area contributed by atoms with Crippen LogP contribution in [0.2, 0.25) is 0 Å². The molecule has 0 aromatic rings. The van der Waals surface area contributed by atoms with Crippen molar-refractivity contribution in [2.24, 2.45) is 10.7 Å². The second-order valence-corrected chi connectivity index (χ2v) is 9.22. The molecule has 10 heteroatoms. The summed E-state index contributed by atoms with van der Waals surface area (Å²) in [4.78, 5) is 6.78. The number of nitrogens with zero attached hydrogens (tertiary/aromatic N) is 3. The molecule has 1 atom stereocenters. The fourth-order valence-corrected chi connectivity index (χ4v) is 5.53. The van der Waals surface area contributed by atoms with Gasteiger partial charge in [0.1, 0.15) is 0 Å². The first-order valence-electron chi connectivity index (χ1n) is 8.36. The summed E-state index contributed by atoms with van der Waals surface area (Å²) in [5, 5.41) is 2.93. The van der Waals surface area contributed by atoms with Crippen molar-refractivity contribution in [2.75, 3.05) is 56.5 Å². The third-order valence-corrected chi connectivity index (χ3v) is 7.22. The molecule has 0 aromatic carbocycles. The third-order valence-electron chi connectivity index (χ3n) is 4.41. The molecule has 3 N–H and O–H groups in total. The second kappa shape index (κ2) is 11.0. The molecule has 0 saturated carbocycles. The van der Waals surface area contributed by atoms with Crippen molar-refractivity contribution in [3.05, 3.63) is 0 Å². The van der Waals surface area contributed by atoms with E-state index in [2.05, 4.69) is 22.1 Å². The molecule has 2 aliphatic heterocycles. The van der Waals surface area contributed by atoms with Gasteiger partial charge >= 0.3 is 0 Å². The van der Waals surface area contributed by atoms with E-state index in [-0.39, 0.29) is 29.7 Å². The maximum atomic E-state index is 12.2. The van der Waals surface area contributed by atoms with Gasteiger partial charge in [0, 0.05) is 37.2 Å². The Hall–Kier alpha value is 0.220. The maximum Gasteiger partial charge on any atom is 0.215 e. The van der Waals surface area contributed by atoms with Crippen molar-refractivity contribution in [1.82, 2.24) is 14.5 Å². The Morgan fingerprint density at radius 2 is 2.04 bits per heavy atom.